The standard InChI is InChI=1S/C57H37NO3/c1-57(2)49-17-8-6-13-41(49)42-26-24-38(30-50(42)57)58(37-22-19-35(20-23-37)40-15-10-16-45-43-14-7-9-18-51(43)61-56(40)45)39-25-27-44-47-32-55-48(33-54(47)60-53(44)31-39)46-29-36(21-28-52(46)59-55)34-11-4-3-5-12-34/h3-33H,1-2H3. The molecule has 0 atom stereocenters. The molecular formula is C57H37NO3. The molecule has 3 aromatic heterocycles. The Bertz CT molecular complexity index is 3730. The summed E-state index contributed by atoms with van der Waals surface area (Å²) in [6.07, 6.45) is 0. The van der Waals surface area contributed by atoms with Gasteiger partial charge in [0.25, 0.3) is 0 Å². The van der Waals surface area contributed by atoms with E-state index < -0.39 is 0 Å². The molecule has 0 saturated heterocycles. The van der Waals surface area contributed by atoms with Gasteiger partial charge >= 0.3 is 0 Å². The summed E-state index contributed by atoms with van der Waals surface area (Å²) < 4.78 is 19.7. The first kappa shape index (κ1) is 34.1. The van der Waals surface area contributed by atoms with E-state index in [1.165, 1.54) is 27.8 Å². The summed E-state index contributed by atoms with van der Waals surface area (Å²) in [6.45, 7) is 4.67. The van der Waals surface area contributed by atoms with E-state index in [1.54, 1.807) is 0 Å². The second-order valence-electron chi connectivity index (χ2n) is 16.9. The van der Waals surface area contributed by atoms with Gasteiger partial charge in [-0.05, 0) is 106 Å². The van der Waals surface area contributed by atoms with E-state index in [4.69, 9.17) is 13.3 Å². The Morgan fingerprint density at radius 2 is 0.918 bits per heavy atom. The third kappa shape index (κ3) is 5.06. The van der Waals surface area contributed by atoms with Crippen LogP contribution in [0.3, 0.4) is 0 Å². The van der Waals surface area contributed by atoms with Crippen LogP contribution in [0.4, 0.5) is 17.1 Å². The number of benzene rings is 9. The molecule has 4 nitrogen and oxygen atoms in total. The fraction of sp³-hybridized carbons (Fsp3) is 0.0526. The molecule has 3 heterocycles. The van der Waals surface area contributed by atoms with Crippen molar-refractivity contribution in [2.45, 2.75) is 19.3 Å². The van der Waals surface area contributed by atoms with Crippen LogP contribution in [0.2, 0.25) is 0 Å². The summed E-state index contributed by atoms with van der Waals surface area (Å²) in [5.41, 5.74) is 17.9. The number of hydrogen-bond acceptors (Lipinski definition) is 4. The van der Waals surface area contributed by atoms with E-state index in [9.17, 15) is 0 Å². The zero-order valence-electron chi connectivity index (χ0n) is 33.6. The lowest BCUT2D eigenvalue weighted by atomic mass is 9.82. The monoisotopic (exact) mass is 783 g/mol. The molecule has 13 rings (SSSR count). The molecule has 0 saturated carbocycles. The van der Waals surface area contributed by atoms with Crippen molar-refractivity contribution in [3.05, 3.63) is 199 Å². The van der Waals surface area contributed by atoms with E-state index in [0.29, 0.717) is 0 Å². The summed E-state index contributed by atoms with van der Waals surface area (Å²) in [5, 5.41) is 6.45. The predicted molar refractivity (Wildman–Crippen MR) is 251 cm³/mol. The van der Waals surface area contributed by atoms with Crippen molar-refractivity contribution in [3.8, 4) is 33.4 Å². The Hall–Kier alpha value is -7.82. The van der Waals surface area contributed by atoms with Gasteiger partial charge in [-0.15, -0.1) is 0 Å². The Morgan fingerprint density at radius 1 is 0.328 bits per heavy atom. The normalized spacial score (nSPS) is 13.2. The quantitative estimate of drug-likeness (QED) is 0.174. The molecule has 0 aliphatic heterocycles. The molecule has 0 N–H and O–H groups in total. The topological polar surface area (TPSA) is 42.7 Å². The minimum Gasteiger partial charge on any atom is -0.456 e. The molecule has 61 heavy (non-hydrogen) atoms. The van der Waals surface area contributed by atoms with Gasteiger partial charge in [0.2, 0.25) is 0 Å². The Kier molecular flexibility index (Phi) is 7.04. The first-order valence-corrected chi connectivity index (χ1v) is 20.9. The van der Waals surface area contributed by atoms with Crippen LogP contribution in [-0.4, -0.2) is 0 Å². The summed E-state index contributed by atoms with van der Waals surface area (Å²) in [7, 11) is 0. The van der Waals surface area contributed by atoms with Gasteiger partial charge < -0.3 is 18.2 Å². The number of hydrogen-bond donors (Lipinski definition) is 0. The lowest BCUT2D eigenvalue weighted by molar-refractivity contribution is 0.660. The molecule has 12 aromatic rings. The molecule has 0 amide bonds. The van der Waals surface area contributed by atoms with Crippen molar-refractivity contribution in [1.29, 1.82) is 0 Å². The van der Waals surface area contributed by atoms with Crippen molar-refractivity contribution in [2.75, 3.05) is 4.90 Å². The Labute approximate surface area is 351 Å². The van der Waals surface area contributed by atoms with Gasteiger partial charge in [-0.3, -0.25) is 0 Å². The smallest absolute Gasteiger partial charge is 0.143 e. The van der Waals surface area contributed by atoms with Gasteiger partial charge in [0.1, 0.15) is 33.5 Å². The maximum Gasteiger partial charge on any atom is 0.143 e. The Balaban J connectivity index is 0.954. The summed E-state index contributed by atoms with van der Waals surface area (Å²) in [6, 6.07) is 67.0. The van der Waals surface area contributed by atoms with Crippen LogP contribution in [0.5, 0.6) is 0 Å². The maximum atomic E-state index is 6.77. The SMILES string of the molecule is CC1(C)c2ccccc2-c2ccc(N(c3ccc(-c4cccc5c4oc4ccccc45)cc3)c3ccc4c(c3)oc3cc5c(cc34)oc3ccc(-c4ccccc4)cc35)cc21. The first-order chi connectivity index (χ1) is 30.0. The number of rotatable bonds is 5. The summed E-state index contributed by atoms with van der Waals surface area (Å²) in [5.74, 6) is 0. The van der Waals surface area contributed by atoms with Gasteiger partial charge in [-0.25, -0.2) is 0 Å². The fourth-order valence-electron chi connectivity index (χ4n) is 10.0. The second-order valence-corrected chi connectivity index (χ2v) is 16.9. The average Bonchev–Trinajstić information content (AvgIpc) is 4.03. The number of nitrogens with zero attached hydrogens (tertiary/aromatic N) is 1. The highest BCUT2D eigenvalue weighted by molar-refractivity contribution is 6.16. The van der Waals surface area contributed by atoms with Crippen LogP contribution in [0, 0.1) is 0 Å². The highest BCUT2D eigenvalue weighted by Crippen LogP contribution is 2.51. The third-order valence-corrected chi connectivity index (χ3v) is 13.1. The largest absolute Gasteiger partial charge is 0.456 e. The van der Waals surface area contributed by atoms with Gasteiger partial charge in [0.05, 0.1) is 0 Å². The van der Waals surface area contributed by atoms with Crippen molar-refractivity contribution >= 4 is 82.9 Å². The van der Waals surface area contributed by atoms with Crippen LogP contribution in [0.15, 0.2) is 201 Å². The van der Waals surface area contributed by atoms with Crippen LogP contribution in [0.25, 0.3) is 99.2 Å². The highest BCUT2D eigenvalue weighted by Gasteiger charge is 2.36. The predicted octanol–water partition coefficient (Wildman–Crippen LogP) is 16.5. The lowest BCUT2D eigenvalue weighted by Crippen LogP contribution is -2.16. The van der Waals surface area contributed by atoms with E-state index in [0.717, 1.165) is 99.6 Å². The molecule has 0 fully saturated rings. The minimum atomic E-state index is -0.144. The molecule has 9 aromatic carbocycles. The first-order valence-electron chi connectivity index (χ1n) is 20.9. The molecule has 1 aliphatic rings. The third-order valence-electron chi connectivity index (χ3n) is 13.1. The summed E-state index contributed by atoms with van der Waals surface area (Å²) in [4.78, 5) is 2.35. The van der Waals surface area contributed by atoms with Crippen LogP contribution in [0.1, 0.15) is 25.0 Å². The van der Waals surface area contributed by atoms with Gasteiger partial charge in [0, 0.05) is 66.4 Å². The number of furan rings is 3. The lowest BCUT2D eigenvalue weighted by Gasteiger charge is -2.28. The molecule has 1 aliphatic carbocycles. The van der Waals surface area contributed by atoms with E-state index in [-0.39, 0.29) is 5.41 Å². The van der Waals surface area contributed by atoms with Gasteiger partial charge in [-0.2, -0.15) is 0 Å². The van der Waals surface area contributed by atoms with E-state index >= 15 is 0 Å². The second kappa shape index (κ2) is 12.6. The fourth-order valence-corrected chi connectivity index (χ4v) is 10.0. The van der Waals surface area contributed by atoms with Gasteiger partial charge in [-0.1, -0.05) is 129 Å². The zero-order chi connectivity index (χ0) is 40.4. The molecule has 0 bridgehead atoms. The number of fused-ring (bicyclic) bond motifs is 12. The summed E-state index contributed by atoms with van der Waals surface area (Å²) >= 11 is 0. The number of para-hydroxylation sites is 2. The molecule has 0 unspecified atom stereocenters. The molecule has 0 radical (unpaired) electrons. The minimum absolute atomic E-state index is 0.144. The van der Waals surface area contributed by atoms with Crippen LogP contribution >= 0.6 is 0 Å². The van der Waals surface area contributed by atoms with Crippen molar-refractivity contribution in [3.63, 3.8) is 0 Å². The van der Waals surface area contributed by atoms with E-state index in [1.807, 2.05) is 18.2 Å². The van der Waals surface area contributed by atoms with Crippen molar-refractivity contribution < 1.29 is 13.3 Å². The van der Waals surface area contributed by atoms with Crippen LogP contribution in [-0.2, 0) is 5.41 Å². The van der Waals surface area contributed by atoms with E-state index in [2.05, 4.69) is 189 Å². The zero-order valence-corrected chi connectivity index (χ0v) is 33.6. The van der Waals surface area contributed by atoms with Crippen molar-refractivity contribution in [2.24, 2.45) is 0 Å². The van der Waals surface area contributed by atoms with Crippen LogP contribution < -0.4 is 4.90 Å². The van der Waals surface area contributed by atoms with Gasteiger partial charge in [0.15, 0.2) is 0 Å². The average molecular weight is 784 g/mol. The van der Waals surface area contributed by atoms with Crippen molar-refractivity contribution in [1.82, 2.24) is 0 Å². The molecule has 4 heteroatoms. The maximum absolute atomic E-state index is 6.77. The highest BCUT2D eigenvalue weighted by atomic mass is 16.3. The molecule has 288 valence electrons. The Morgan fingerprint density at radius 3 is 1.79 bits per heavy atom. The molecular weight excluding hydrogens is 747 g/mol. The molecule has 0 spiro atoms. The number of anilines is 3.